The third kappa shape index (κ3) is 3.35. The fraction of sp³-hybridized carbons (Fsp3) is 0.0714. The van der Waals surface area contributed by atoms with Crippen LogP contribution in [0.2, 0.25) is 0 Å². The van der Waals surface area contributed by atoms with E-state index in [-0.39, 0.29) is 22.2 Å². The van der Waals surface area contributed by atoms with Crippen molar-refractivity contribution in [2.75, 3.05) is 5.73 Å². The maximum absolute atomic E-state index is 12.0. The predicted molar refractivity (Wildman–Crippen MR) is 88.8 cm³/mol. The Kier molecular flexibility index (Phi) is 4.18. The summed E-state index contributed by atoms with van der Waals surface area (Å²) in [6, 6.07) is 8.36. The van der Waals surface area contributed by atoms with E-state index < -0.39 is 16.0 Å². The summed E-state index contributed by atoms with van der Waals surface area (Å²) in [5.41, 5.74) is 6.59. The molecule has 1 aromatic carbocycles. The molecule has 4 N–H and O–H groups in total. The van der Waals surface area contributed by atoms with E-state index in [1.165, 1.54) is 5.38 Å². The van der Waals surface area contributed by atoms with Gasteiger partial charge >= 0.3 is 5.97 Å². The number of fused-ring (bicyclic) bond motifs is 1. The summed E-state index contributed by atoms with van der Waals surface area (Å²) < 4.78 is 27.4. The molecule has 124 valence electrons. The Bertz CT molecular complexity index is 1030. The first-order chi connectivity index (χ1) is 11.3. The summed E-state index contributed by atoms with van der Waals surface area (Å²) in [6.07, 6.45) is 0. The normalized spacial score (nSPS) is 11.5. The molecule has 0 atom stereocenters. The van der Waals surface area contributed by atoms with E-state index in [9.17, 15) is 13.2 Å². The van der Waals surface area contributed by atoms with Gasteiger partial charge in [-0.25, -0.2) is 28.3 Å². The maximum atomic E-state index is 12.0. The molecule has 3 aromatic rings. The van der Waals surface area contributed by atoms with Crippen molar-refractivity contribution in [3.05, 3.63) is 47.1 Å². The van der Waals surface area contributed by atoms with Crippen LogP contribution in [0, 0.1) is 0 Å². The lowest BCUT2D eigenvalue weighted by atomic mass is 10.2. The highest BCUT2D eigenvalue weighted by molar-refractivity contribution is 7.91. The van der Waals surface area contributed by atoms with Crippen LogP contribution in [0.1, 0.15) is 16.2 Å². The molecule has 0 aliphatic rings. The van der Waals surface area contributed by atoms with E-state index in [4.69, 9.17) is 15.6 Å². The largest absolute Gasteiger partial charge is 0.454 e. The first-order valence-electron chi connectivity index (χ1n) is 6.64. The molecule has 10 heteroatoms. The van der Waals surface area contributed by atoms with Crippen LogP contribution >= 0.6 is 11.3 Å². The highest BCUT2D eigenvalue weighted by atomic mass is 32.2. The molecule has 0 amide bonds. The van der Waals surface area contributed by atoms with Crippen LogP contribution in [0.3, 0.4) is 0 Å². The lowest BCUT2D eigenvalue weighted by Crippen LogP contribution is -2.11. The molecule has 0 aliphatic carbocycles. The Morgan fingerprint density at radius 2 is 2.00 bits per heavy atom. The zero-order valence-corrected chi connectivity index (χ0v) is 13.8. The number of ether oxygens (including phenoxy) is 1. The summed E-state index contributed by atoms with van der Waals surface area (Å²) in [5.74, 6) is -0.156. The number of para-hydroxylation sites is 1. The molecule has 0 saturated carbocycles. The summed E-state index contributed by atoms with van der Waals surface area (Å²) in [4.78, 5) is 20.3. The zero-order chi connectivity index (χ0) is 17.3. The van der Waals surface area contributed by atoms with Crippen molar-refractivity contribution in [3.63, 3.8) is 0 Å². The van der Waals surface area contributed by atoms with Gasteiger partial charge in [0.1, 0.15) is 10.0 Å². The summed E-state index contributed by atoms with van der Waals surface area (Å²) in [5, 5.41) is 7.07. The van der Waals surface area contributed by atoms with Crippen LogP contribution in [0.25, 0.3) is 10.9 Å². The van der Waals surface area contributed by atoms with E-state index in [1.807, 2.05) is 12.1 Å². The number of thiophene rings is 1. The molecule has 2 heterocycles. The SMILES string of the molecule is Nc1nc(COC(=O)c2csc(S(N)(=O)=O)c2)nc2ccccc12. The predicted octanol–water partition coefficient (Wildman–Crippen LogP) is 1.28. The second-order valence-corrected chi connectivity index (χ2v) is 7.52. The minimum atomic E-state index is -3.84. The Balaban J connectivity index is 1.76. The lowest BCUT2D eigenvalue weighted by Gasteiger charge is -2.06. The Morgan fingerprint density at radius 1 is 1.25 bits per heavy atom. The van der Waals surface area contributed by atoms with Gasteiger partial charge in [0.25, 0.3) is 0 Å². The quantitative estimate of drug-likeness (QED) is 0.665. The fourth-order valence-corrected chi connectivity index (χ4v) is 3.58. The Morgan fingerprint density at radius 3 is 2.71 bits per heavy atom. The van der Waals surface area contributed by atoms with Gasteiger partial charge in [0.2, 0.25) is 10.0 Å². The molecule has 3 rings (SSSR count). The van der Waals surface area contributed by atoms with Gasteiger partial charge in [-0.15, -0.1) is 11.3 Å². The molecule has 24 heavy (non-hydrogen) atoms. The number of carbonyl (C=O) groups excluding carboxylic acids is 1. The van der Waals surface area contributed by atoms with E-state index in [0.29, 0.717) is 16.7 Å². The minimum absolute atomic E-state index is 0.0952. The number of rotatable bonds is 4. The van der Waals surface area contributed by atoms with Gasteiger partial charge in [-0.05, 0) is 18.2 Å². The standard InChI is InChI=1S/C14H12N4O4S2/c15-13-9-3-1-2-4-10(9)17-11(18-13)6-22-14(19)8-5-12(23-7-8)24(16,20)21/h1-5,7H,6H2,(H2,15,17,18)(H2,16,20,21). The number of aromatic nitrogens is 2. The molecule has 8 nitrogen and oxygen atoms in total. The number of benzene rings is 1. The van der Waals surface area contributed by atoms with Crippen molar-refractivity contribution in [2.45, 2.75) is 10.8 Å². The average Bonchev–Trinajstić information content (AvgIpc) is 3.03. The van der Waals surface area contributed by atoms with Crippen LogP contribution in [0.5, 0.6) is 0 Å². The van der Waals surface area contributed by atoms with Crippen LogP contribution in [0.15, 0.2) is 39.9 Å². The van der Waals surface area contributed by atoms with Crippen molar-refractivity contribution in [1.82, 2.24) is 9.97 Å². The van der Waals surface area contributed by atoms with E-state index >= 15 is 0 Å². The van der Waals surface area contributed by atoms with Crippen LogP contribution in [0.4, 0.5) is 5.82 Å². The second-order valence-electron chi connectivity index (χ2n) is 4.82. The van der Waals surface area contributed by atoms with Crippen LogP contribution < -0.4 is 10.9 Å². The number of nitrogens with two attached hydrogens (primary N) is 2. The van der Waals surface area contributed by atoms with Crippen molar-refractivity contribution in [3.8, 4) is 0 Å². The molecule has 0 unspecified atom stereocenters. The van der Waals surface area contributed by atoms with Gasteiger partial charge < -0.3 is 10.5 Å². The minimum Gasteiger partial charge on any atom is -0.454 e. The number of hydrogen-bond acceptors (Lipinski definition) is 8. The number of anilines is 1. The van der Waals surface area contributed by atoms with Gasteiger partial charge in [-0.2, -0.15) is 0 Å². The van der Waals surface area contributed by atoms with Crippen LogP contribution in [-0.2, 0) is 21.4 Å². The Labute approximate surface area is 141 Å². The topological polar surface area (TPSA) is 138 Å². The molecule has 0 aliphatic heterocycles. The van der Waals surface area contributed by atoms with Crippen molar-refractivity contribution >= 4 is 44.1 Å². The highest BCUT2D eigenvalue weighted by Crippen LogP contribution is 2.20. The number of primary sulfonamides is 1. The number of nitrogen functional groups attached to an aromatic ring is 1. The highest BCUT2D eigenvalue weighted by Gasteiger charge is 2.17. The number of nitrogens with zero attached hydrogens (tertiary/aromatic N) is 2. The third-order valence-electron chi connectivity index (χ3n) is 3.10. The fourth-order valence-electron chi connectivity index (χ4n) is 2.00. The second kappa shape index (κ2) is 6.15. The molecule has 0 fully saturated rings. The van der Waals surface area contributed by atoms with Gasteiger partial charge in [-0.1, -0.05) is 12.1 Å². The number of carbonyl (C=O) groups is 1. The molecule has 0 saturated heterocycles. The molecule has 0 radical (unpaired) electrons. The average molecular weight is 364 g/mol. The summed E-state index contributed by atoms with van der Waals surface area (Å²) in [6.45, 7) is -0.186. The molecular formula is C14H12N4O4S2. The number of hydrogen-bond donors (Lipinski definition) is 2. The van der Waals surface area contributed by atoms with Gasteiger partial charge in [0, 0.05) is 10.8 Å². The summed E-state index contributed by atoms with van der Waals surface area (Å²) >= 11 is 0.846. The van der Waals surface area contributed by atoms with Gasteiger partial charge in [-0.3, -0.25) is 0 Å². The van der Waals surface area contributed by atoms with Crippen molar-refractivity contribution in [1.29, 1.82) is 0 Å². The monoisotopic (exact) mass is 364 g/mol. The van der Waals surface area contributed by atoms with Crippen molar-refractivity contribution in [2.24, 2.45) is 5.14 Å². The summed E-state index contributed by atoms with van der Waals surface area (Å²) in [7, 11) is -3.84. The van der Waals surface area contributed by atoms with E-state index in [1.54, 1.807) is 12.1 Å². The molecular weight excluding hydrogens is 352 g/mol. The maximum Gasteiger partial charge on any atom is 0.339 e. The number of sulfonamides is 1. The third-order valence-corrected chi connectivity index (χ3v) is 5.49. The molecule has 0 spiro atoms. The Hall–Kier alpha value is -2.56. The molecule has 2 aromatic heterocycles. The van der Waals surface area contributed by atoms with E-state index in [0.717, 1.165) is 17.4 Å². The smallest absolute Gasteiger partial charge is 0.339 e. The van der Waals surface area contributed by atoms with E-state index in [2.05, 4.69) is 9.97 Å². The van der Waals surface area contributed by atoms with Gasteiger partial charge in [0.15, 0.2) is 12.4 Å². The first kappa shape index (κ1) is 16.3. The molecule has 0 bridgehead atoms. The van der Waals surface area contributed by atoms with Crippen LogP contribution in [-0.4, -0.2) is 24.4 Å². The number of esters is 1. The first-order valence-corrected chi connectivity index (χ1v) is 9.07. The lowest BCUT2D eigenvalue weighted by molar-refractivity contribution is 0.0463. The van der Waals surface area contributed by atoms with Crippen molar-refractivity contribution < 1.29 is 17.9 Å². The van der Waals surface area contributed by atoms with Gasteiger partial charge in [0.05, 0.1) is 11.1 Å². The zero-order valence-electron chi connectivity index (χ0n) is 12.2.